The molecule has 1 saturated heterocycles. The molecule has 1 aromatic rings. The molecule has 19 heavy (non-hydrogen) atoms. The lowest BCUT2D eigenvalue weighted by Gasteiger charge is -2.32. The minimum atomic E-state index is 0.718. The fraction of sp³-hybridized carbons (Fsp3) is 0.647. The summed E-state index contributed by atoms with van der Waals surface area (Å²) in [6.45, 7) is 7.13. The molecule has 2 heteroatoms. The van der Waals surface area contributed by atoms with Crippen molar-refractivity contribution in [2.45, 2.75) is 45.1 Å². The molecule has 2 aliphatic rings. The highest BCUT2D eigenvalue weighted by atomic mass is 15.2. The summed E-state index contributed by atoms with van der Waals surface area (Å²) in [5, 5.41) is 3.43. The van der Waals surface area contributed by atoms with Crippen molar-refractivity contribution in [1.29, 1.82) is 0 Å². The van der Waals surface area contributed by atoms with E-state index in [0.717, 1.165) is 19.1 Å². The predicted molar refractivity (Wildman–Crippen MR) is 80.7 cm³/mol. The van der Waals surface area contributed by atoms with Crippen LogP contribution in [0.25, 0.3) is 0 Å². The van der Waals surface area contributed by atoms with Crippen LogP contribution in [0, 0.1) is 0 Å². The molecule has 1 atom stereocenters. The van der Waals surface area contributed by atoms with Crippen LogP contribution in [0.1, 0.15) is 36.5 Å². The average molecular weight is 258 g/mol. The Morgan fingerprint density at radius 3 is 2.79 bits per heavy atom. The van der Waals surface area contributed by atoms with Gasteiger partial charge in [0.05, 0.1) is 0 Å². The van der Waals surface area contributed by atoms with Gasteiger partial charge in [-0.2, -0.15) is 0 Å². The molecule has 1 aliphatic heterocycles. The second-order valence-electron chi connectivity index (χ2n) is 6.13. The number of hydrogen-bond donors (Lipinski definition) is 1. The van der Waals surface area contributed by atoms with Gasteiger partial charge in [-0.1, -0.05) is 18.2 Å². The summed E-state index contributed by atoms with van der Waals surface area (Å²) in [6, 6.07) is 7.91. The molecule has 1 aromatic carbocycles. The number of rotatable bonds is 4. The van der Waals surface area contributed by atoms with Gasteiger partial charge in [0.25, 0.3) is 0 Å². The van der Waals surface area contributed by atoms with Crippen molar-refractivity contribution >= 4 is 0 Å². The van der Waals surface area contributed by atoms with Gasteiger partial charge in [-0.15, -0.1) is 0 Å². The van der Waals surface area contributed by atoms with E-state index >= 15 is 0 Å². The Labute approximate surface area is 117 Å². The van der Waals surface area contributed by atoms with Gasteiger partial charge in [-0.05, 0) is 55.7 Å². The van der Waals surface area contributed by atoms with Crippen molar-refractivity contribution in [2.75, 3.05) is 26.2 Å². The standard InChI is InChI=1S/C17H26N2/c1-14(19-11-9-18-10-12-19)5-6-15-7-8-16-3-2-4-17(16)13-15/h7-8,13-14,18H,2-6,9-12H2,1H3. The van der Waals surface area contributed by atoms with Crippen LogP contribution in [0.5, 0.6) is 0 Å². The van der Waals surface area contributed by atoms with E-state index in [2.05, 4.69) is 35.3 Å². The Morgan fingerprint density at radius 1 is 1.16 bits per heavy atom. The van der Waals surface area contributed by atoms with Crippen LogP contribution in [-0.2, 0) is 19.3 Å². The first kappa shape index (κ1) is 13.1. The molecule has 0 radical (unpaired) electrons. The van der Waals surface area contributed by atoms with E-state index in [1.165, 1.54) is 45.2 Å². The van der Waals surface area contributed by atoms with Crippen LogP contribution in [0.15, 0.2) is 18.2 Å². The Morgan fingerprint density at radius 2 is 1.95 bits per heavy atom. The van der Waals surface area contributed by atoms with Crippen LogP contribution in [-0.4, -0.2) is 37.1 Å². The molecule has 0 aromatic heterocycles. The fourth-order valence-electron chi connectivity index (χ4n) is 3.46. The molecule has 1 heterocycles. The second-order valence-corrected chi connectivity index (χ2v) is 6.13. The topological polar surface area (TPSA) is 15.3 Å². The third kappa shape index (κ3) is 3.18. The number of fused-ring (bicyclic) bond motifs is 1. The number of piperazine rings is 1. The van der Waals surface area contributed by atoms with Crippen LogP contribution < -0.4 is 5.32 Å². The van der Waals surface area contributed by atoms with E-state index in [-0.39, 0.29) is 0 Å². The molecule has 1 N–H and O–H groups in total. The maximum atomic E-state index is 3.43. The number of nitrogens with one attached hydrogen (secondary N) is 1. The first-order valence-electron chi connectivity index (χ1n) is 7.88. The SMILES string of the molecule is CC(CCc1ccc2c(c1)CCC2)N1CCNCC1. The zero-order chi connectivity index (χ0) is 13.1. The van der Waals surface area contributed by atoms with Gasteiger partial charge in [-0.3, -0.25) is 4.90 Å². The lowest BCUT2D eigenvalue weighted by Crippen LogP contribution is -2.47. The Hall–Kier alpha value is -0.860. The van der Waals surface area contributed by atoms with E-state index in [1.807, 2.05) is 0 Å². The van der Waals surface area contributed by atoms with E-state index in [4.69, 9.17) is 0 Å². The van der Waals surface area contributed by atoms with E-state index in [0.29, 0.717) is 0 Å². The first-order valence-corrected chi connectivity index (χ1v) is 7.88. The lowest BCUT2D eigenvalue weighted by molar-refractivity contribution is 0.177. The number of benzene rings is 1. The summed E-state index contributed by atoms with van der Waals surface area (Å²) in [4.78, 5) is 2.63. The average Bonchev–Trinajstić information content (AvgIpc) is 2.93. The maximum Gasteiger partial charge on any atom is 0.0110 e. The van der Waals surface area contributed by atoms with Gasteiger partial charge in [0.15, 0.2) is 0 Å². The summed E-state index contributed by atoms with van der Waals surface area (Å²) in [5.41, 5.74) is 4.76. The maximum absolute atomic E-state index is 3.43. The minimum absolute atomic E-state index is 0.718. The highest BCUT2D eigenvalue weighted by molar-refractivity contribution is 5.35. The van der Waals surface area contributed by atoms with Crippen LogP contribution in [0.3, 0.4) is 0 Å². The molecule has 1 unspecified atom stereocenters. The smallest absolute Gasteiger partial charge is 0.0110 e. The quantitative estimate of drug-likeness (QED) is 0.892. The van der Waals surface area contributed by atoms with Crippen molar-refractivity contribution in [3.8, 4) is 0 Å². The van der Waals surface area contributed by atoms with Gasteiger partial charge in [0.2, 0.25) is 0 Å². The molecule has 104 valence electrons. The van der Waals surface area contributed by atoms with E-state index < -0.39 is 0 Å². The molecular weight excluding hydrogens is 232 g/mol. The summed E-state index contributed by atoms with van der Waals surface area (Å²) in [6.07, 6.45) is 6.48. The van der Waals surface area contributed by atoms with E-state index in [1.54, 1.807) is 16.7 Å². The first-order chi connectivity index (χ1) is 9.33. The highest BCUT2D eigenvalue weighted by Gasteiger charge is 2.16. The van der Waals surface area contributed by atoms with E-state index in [9.17, 15) is 0 Å². The molecule has 0 spiro atoms. The van der Waals surface area contributed by atoms with Crippen molar-refractivity contribution in [3.05, 3.63) is 34.9 Å². The fourth-order valence-corrected chi connectivity index (χ4v) is 3.46. The van der Waals surface area contributed by atoms with Crippen molar-refractivity contribution in [2.24, 2.45) is 0 Å². The van der Waals surface area contributed by atoms with Gasteiger partial charge in [0.1, 0.15) is 0 Å². The van der Waals surface area contributed by atoms with Crippen LogP contribution >= 0.6 is 0 Å². The highest BCUT2D eigenvalue weighted by Crippen LogP contribution is 2.23. The second kappa shape index (κ2) is 6.06. The minimum Gasteiger partial charge on any atom is -0.314 e. The largest absolute Gasteiger partial charge is 0.314 e. The molecule has 0 saturated carbocycles. The van der Waals surface area contributed by atoms with Crippen molar-refractivity contribution < 1.29 is 0 Å². The van der Waals surface area contributed by atoms with Gasteiger partial charge in [0, 0.05) is 32.2 Å². The van der Waals surface area contributed by atoms with Gasteiger partial charge >= 0.3 is 0 Å². The molecule has 2 nitrogen and oxygen atoms in total. The molecule has 3 rings (SSSR count). The lowest BCUT2D eigenvalue weighted by atomic mass is 10.0. The monoisotopic (exact) mass is 258 g/mol. The van der Waals surface area contributed by atoms with Crippen molar-refractivity contribution in [3.63, 3.8) is 0 Å². The third-order valence-corrected chi connectivity index (χ3v) is 4.79. The molecule has 0 bridgehead atoms. The zero-order valence-electron chi connectivity index (χ0n) is 12.1. The summed E-state index contributed by atoms with van der Waals surface area (Å²) in [5.74, 6) is 0. The Kier molecular flexibility index (Phi) is 4.19. The predicted octanol–water partition coefficient (Wildman–Crippen LogP) is 2.40. The third-order valence-electron chi connectivity index (χ3n) is 4.79. The molecule has 0 amide bonds. The normalized spacial score (nSPS) is 21.3. The van der Waals surface area contributed by atoms with Gasteiger partial charge < -0.3 is 5.32 Å². The summed E-state index contributed by atoms with van der Waals surface area (Å²) >= 11 is 0. The van der Waals surface area contributed by atoms with Gasteiger partial charge in [-0.25, -0.2) is 0 Å². The summed E-state index contributed by atoms with van der Waals surface area (Å²) in [7, 11) is 0. The molecule has 1 aliphatic carbocycles. The number of nitrogens with zero attached hydrogens (tertiary/aromatic N) is 1. The zero-order valence-corrected chi connectivity index (χ0v) is 12.1. The van der Waals surface area contributed by atoms with Crippen LogP contribution in [0.2, 0.25) is 0 Å². The Bertz CT molecular complexity index is 421. The van der Waals surface area contributed by atoms with Crippen LogP contribution in [0.4, 0.5) is 0 Å². The van der Waals surface area contributed by atoms with Crippen molar-refractivity contribution in [1.82, 2.24) is 10.2 Å². The Balaban J connectivity index is 1.53. The molecule has 1 fully saturated rings. The summed E-state index contributed by atoms with van der Waals surface area (Å²) < 4.78 is 0. The molecular formula is C17H26N2. The number of aryl methyl sites for hydroxylation is 3. The number of hydrogen-bond acceptors (Lipinski definition) is 2.